The van der Waals surface area contributed by atoms with Crippen LogP contribution in [0.5, 0.6) is 0 Å². The predicted molar refractivity (Wildman–Crippen MR) is 5.01 cm³/mol. The van der Waals surface area contributed by atoms with E-state index in [1.54, 1.807) is 0 Å². The summed E-state index contributed by atoms with van der Waals surface area (Å²) in [6, 6.07) is 0. The van der Waals surface area contributed by atoms with Crippen molar-refractivity contribution >= 4 is 0 Å². The summed E-state index contributed by atoms with van der Waals surface area (Å²) in [5.74, 6) is 0. The van der Waals surface area contributed by atoms with Gasteiger partial charge in [0.05, 0.1) is 0 Å². The van der Waals surface area contributed by atoms with Crippen molar-refractivity contribution in [3.8, 4) is 0 Å². The van der Waals surface area contributed by atoms with Crippen LogP contribution < -0.4 is 14.1 Å². The Morgan fingerprint density at radius 1 is 0.500 bits per heavy atom. The Bertz CT molecular complexity index is 3.90. The van der Waals surface area contributed by atoms with Crippen LogP contribution in [0.25, 0.3) is 0 Å². The molecule has 0 saturated carbocycles. The number of hydrogen-bond donors (Lipinski definition) is 0. The molecule has 1 radical (unpaired) electrons. The minimum atomic E-state index is 0. The van der Waals surface area contributed by atoms with Gasteiger partial charge in [0.2, 0.25) is 0 Å². The number of rotatable bonds is 0. The number of hydrogen-bond acceptors (Lipinski definition) is 0. The van der Waals surface area contributed by atoms with Gasteiger partial charge in [-0.1, -0.05) is 0 Å². The van der Waals surface area contributed by atoms with Gasteiger partial charge in [-0.15, -0.1) is 0 Å². The normalized spacial score (nSPS) is 0. The van der Waals surface area contributed by atoms with Gasteiger partial charge >= 0.3 is 40.8 Å². The van der Waals surface area contributed by atoms with Crippen LogP contribution >= 0.6 is 0 Å². The molecular formula is H2F5Nd. The maximum atomic E-state index is 0. The Kier molecular flexibility index (Phi) is 6290. The fourth-order valence-corrected chi connectivity index (χ4v) is 0. The molecule has 0 nitrogen and oxygen atoms in total. The van der Waals surface area contributed by atoms with Crippen molar-refractivity contribution in [3.05, 3.63) is 0 Å². The van der Waals surface area contributed by atoms with E-state index in [1.807, 2.05) is 0 Å². The van der Waals surface area contributed by atoms with Gasteiger partial charge in [0.15, 0.2) is 0 Å². The van der Waals surface area contributed by atoms with Gasteiger partial charge in [-0.3, -0.25) is 9.41 Å². The third-order valence-electron chi connectivity index (χ3n) is 0. The SMILES string of the molecule is F.F.[F-].[F-].[F-].[Nd+3]. The van der Waals surface area contributed by atoms with Crippen molar-refractivity contribution in [2.45, 2.75) is 0 Å². The van der Waals surface area contributed by atoms with Crippen LogP contribution in [0, 0.1) is 40.8 Å². The third-order valence-corrected chi connectivity index (χ3v) is 0. The molecule has 0 heterocycles. The monoisotopic (exact) mass is 239 g/mol. The second kappa shape index (κ2) is 150. The van der Waals surface area contributed by atoms with Crippen molar-refractivity contribution in [2.24, 2.45) is 0 Å². The minimum Gasteiger partial charge on any atom is -1.00 e. The second-order valence-corrected chi connectivity index (χ2v) is 0. The van der Waals surface area contributed by atoms with E-state index < -0.39 is 0 Å². The molecule has 6 heavy (non-hydrogen) atoms. The van der Waals surface area contributed by atoms with E-state index in [4.69, 9.17) is 0 Å². The molecule has 0 aliphatic carbocycles. The van der Waals surface area contributed by atoms with Crippen LogP contribution in [0.4, 0.5) is 9.41 Å². The maximum absolute atomic E-state index is 0. The van der Waals surface area contributed by atoms with Crippen molar-refractivity contribution < 1.29 is 64.4 Å². The molecule has 0 fully saturated rings. The van der Waals surface area contributed by atoms with Gasteiger partial charge in [0.1, 0.15) is 0 Å². The Balaban J connectivity index is 0. The first-order chi connectivity index (χ1) is 0. The van der Waals surface area contributed by atoms with E-state index in [9.17, 15) is 0 Å². The molecule has 41 valence electrons. The quantitative estimate of drug-likeness (QED) is 0.370. The summed E-state index contributed by atoms with van der Waals surface area (Å²) in [7, 11) is 0. The minimum absolute atomic E-state index is 0. The summed E-state index contributed by atoms with van der Waals surface area (Å²) < 4.78 is 0. The first-order valence-electron chi connectivity index (χ1n) is 0. The fraction of sp³-hybridized carbons (Fsp3) is 0. The van der Waals surface area contributed by atoms with Crippen molar-refractivity contribution in [2.75, 3.05) is 0 Å². The Labute approximate surface area is 64.0 Å². The molecule has 0 aromatic rings. The molecule has 0 rings (SSSR count). The van der Waals surface area contributed by atoms with Crippen LogP contribution in [0.3, 0.4) is 0 Å². The van der Waals surface area contributed by atoms with Crippen LogP contribution in [-0.4, -0.2) is 0 Å². The molecule has 0 spiro atoms. The Hall–Kier alpha value is 1.00. The second-order valence-electron chi connectivity index (χ2n) is 0. The van der Waals surface area contributed by atoms with E-state index in [1.165, 1.54) is 0 Å². The molecule has 0 aromatic carbocycles. The molecule has 0 unspecified atom stereocenters. The first-order valence-corrected chi connectivity index (χ1v) is 0. The van der Waals surface area contributed by atoms with Crippen molar-refractivity contribution in [3.63, 3.8) is 0 Å². The van der Waals surface area contributed by atoms with Gasteiger partial charge < -0.3 is 14.1 Å². The van der Waals surface area contributed by atoms with E-state index in [-0.39, 0.29) is 64.4 Å². The third kappa shape index (κ3) is 79.9. The topological polar surface area (TPSA) is 0 Å². The van der Waals surface area contributed by atoms with Gasteiger partial charge in [0.25, 0.3) is 0 Å². The average molecular weight is 241 g/mol. The van der Waals surface area contributed by atoms with Crippen molar-refractivity contribution in [1.29, 1.82) is 0 Å². The van der Waals surface area contributed by atoms with E-state index >= 15 is 0 Å². The number of halogens is 5. The van der Waals surface area contributed by atoms with Gasteiger partial charge in [-0.25, -0.2) is 0 Å². The molecule has 0 aromatic heterocycles. The van der Waals surface area contributed by atoms with E-state index in [0.29, 0.717) is 0 Å². The zero-order valence-electron chi connectivity index (χ0n) is 2.45. The van der Waals surface area contributed by atoms with Gasteiger partial charge in [0, 0.05) is 0 Å². The summed E-state index contributed by atoms with van der Waals surface area (Å²) in [5.41, 5.74) is 0. The van der Waals surface area contributed by atoms with Crippen LogP contribution in [-0.2, 0) is 0 Å². The van der Waals surface area contributed by atoms with Crippen LogP contribution in [0.2, 0.25) is 0 Å². The Morgan fingerprint density at radius 3 is 0.500 bits per heavy atom. The maximum Gasteiger partial charge on any atom is 3.00 e. The van der Waals surface area contributed by atoms with E-state index in [2.05, 4.69) is 0 Å². The van der Waals surface area contributed by atoms with Gasteiger partial charge in [-0.2, -0.15) is 0 Å². The summed E-state index contributed by atoms with van der Waals surface area (Å²) in [4.78, 5) is 0. The summed E-state index contributed by atoms with van der Waals surface area (Å²) in [5, 5.41) is 0. The molecule has 0 bridgehead atoms. The molecular weight excluding hydrogens is 239 g/mol. The average Bonchev–Trinajstić information content (AvgIpc) is 0. The van der Waals surface area contributed by atoms with Crippen LogP contribution in [0.15, 0.2) is 0 Å². The molecule has 0 N–H and O–H groups in total. The fourth-order valence-electron chi connectivity index (χ4n) is 0. The van der Waals surface area contributed by atoms with Crippen LogP contribution in [0.1, 0.15) is 0 Å². The summed E-state index contributed by atoms with van der Waals surface area (Å²) in [6.45, 7) is 0. The molecule has 0 amide bonds. The smallest absolute Gasteiger partial charge is 1.00 e. The molecule has 6 heteroatoms. The standard InChI is InChI=1S/5FH.Nd/h5*1H;/q;;;;;+3/p-3. The first kappa shape index (κ1) is 252. The summed E-state index contributed by atoms with van der Waals surface area (Å²) in [6.07, 6.45) is 0. The zero-order chi connectivity index (χ0) is 0. The van der Waals surface area contributed by atoms with Gasteiger partial charge in [-0.05, 0) is 0 Å². The predicted octanol–water partition coefficient (Wildman–Crippen LogP) is -8.68. The summed E-state index contributed by atoms with van der Waals surface area (Å²) >= 11 is 0. The van der Waals surface area contributed by atoms with Crippen molar-refractivity contribution in [1.82, 2.24) is 0 Å². The largest absolute Gasteiger partial charge is 3.00 e. The zero-order valence-corrected chi connectivity index (χ0v) is 5.66. The molecule has 0 saturated heterocycles. The van der Waals surface area contributed by atoms with E-state index in [0.717, 1.165) is 0 Å². The molecule has 0 aliphatic rings. The molecule has 0 aliphatic heterocycles. The molecule has 0 atom stereocenters. The Morgan fingerprint density at radius 2 is 0.500 bits per heavy atom.